The van der Waals surface area contributed by atoms with Crippen molar-refractivity contribution >= 4 is 54.1 Å². The number of rotatable bonds is 5. The van der Waals surface area contributed by atoms with Crippen molar-refractivity contribution in [1.29, 1.82) is 0 Å². The number of fused-ring (bicyclic) bond motifs is 2. The van der Waals surface area contributed by atoms with Crippen LogP contribution in [0, 0.1) is 0 Å². The van der Waals surface area contributed by atoms with Crippen LogP contribution in [0.2, 0.25) is 0 Å². The van der Waals surface area contributed by atoms with E-state index in [1.165, 1.54) is 82.2 Å². The fourth-order valence-corrected chi connectivity index (χ4v) is 8.63. The lowest BCUT2D eigenvalue weighted by molar-refractivity contribution is 1.26. The Morgan fingerprint density at radius 1 is 0.259 bits per heavy atom. The van der Waals surface area contributed by atoms with Crippen molar-refractivity contribution in [1.82, 2.24) is 9.97 Å². The van der Waals surface area contributed by atoms with Crippen LogP contribution in [0.15, 0.2) is 194 Å². The molecule has 10 aromatic carbocycles. The van der Waals surface area contributed by atoms with Gasteiger partial charge < -0.3 is 0 Å². The number of aromatic nitrogens is 2. The lowest BCUT2D eigenvalue weighted by Gasteiger charge is -2.18. The van der Waals surface area contributed by atoms with Crippen LogP contribution in [-0.4, -0.2) is 9.97 Å². The SMILES string of the molecule is c1ccc(-c2c3ccccc3c(-c3ccc(-c4nc5ccc6c(-c7ccccc7)cc(-c7ccccc7)c7ccc(n4)c5c67)cc3)c3ccccc23)cc1. The molecule has 0 N–H and O–H groups in total. The third kappa shape index (κ3) is 4.74. The summed E-state index contributed by atoms with van der Waals surface area (Å²) in [4.78, 5) is 10.5. The lowest BCUT2D eigenvalue weighted by Crippen LogP contribution is -1.96. The number of nitrogens with zero attached hydrogens (tertiary/aromatic N) is 2. The van der Waals surface area contributed by atoms with Crippen LogP contribution < -0.4 is 0 Å². The molecule has 0 aliphatic carbocycles. The van der Waals surface area contributed by atoms with Crippen LogP contribution in [0.3, 0.4) is 0 Å². The average molecular weight is 685 g/mol. The zero-order valence-corrected chi connectivity index (χ0v) is 29.4. The summed E-state index contributed by atoms with van der Waals surface area (Å²) in [5.41, 5.74) is 12.6. The molecule has 0 aliphatic rings. The Hall–Kier alpha value is -7.16. The minimum atomic E-state index is 0.730. The van der Waals surface area contributed by atoms with Crippen LogP contribution >= 0.6 is 0 Å². The number of hydrogen-bond donors (Lipinski definition) is 0. The van der Waals surface area contributed by atoms with Gasteiger partial charge in [-0.25, -0.2) is 9.97 Å². The molecule has 1 heterocycles. The Morgan fingerprint density at radius 2 is 0.630 bits per heavy atom. The van der Waals surface area contributed by atoms with E-state index in [-0.39, 0.29) is 0 Å². The summed E-state index contributed by atoms with van der Waals surface area (Å²) in [5.74, 6) is 0.730. The van der Waals surface area contributed by atoms with E-state index in [1.807, 2.05) is 0 Å². The van der Waals surface area contributed by atoms with Gasteiger partial charge in [0.15, 0.2) is 5.82 Å². The van der Waals surface area contributed by atoms with Gasteiger partial charge >= 0.3 is 0 Å². The minimum Gasteiger partial charge on any atom is -0.228 e. The molecule has 0 radical (unpaired) electrons. The fourth-order valence-electron chi connectivity index (χ4n) is 8.63. The van der Waals surface area contributed by atoms with Gasteiger partial charge in [0, 0.05) is 16.3 Å². The molecule has 54 heavy (non-hydrogen) atoms. The monoisotopic (exact) mass is 684 g/mol. The van der Waals surface area contributed by atoms with Gasteiger partial charge in [-0.15, -0.1) is 0 Å². The molecule has 2 nitrogen and oxygen atoms in total. The summed E-state index contributed by atoms with van der Waals surface area (Å²) < 4.78 is 0. The number of hydrogen-bond acceptors (Lipinski definition) is 2. The second kappa shape index (κ2) is 12.2. The second-order valence-corrected chi connectivity index (χ2v) is 14.0. The summed E-state index contributed by atoms with van der Waals surface area (Å²) in [6.45, 7) is 0. The quantitative estimate of drug-likeness (QED) is 0.133. The molecule has 250 valence electrons. The molecule has 0 fully saturated rings. The van der Waals surface area contributed by atoms with E-state index in [9.17, 15) is 0 Å². The minimum absolute atomic E-state index is 0.730. The first-order chi connectivity index (χ1) is 26.8. The molecule has 11 rings (SSSR count). The molecular formula is C52H32N2. The highest BCUT2D eigenvalue weighted by molar-refractivity contribution is 6.27. The van der Waals surface area contributed by atoms with E-state index in [1.54, 1.807) is 0 Å². The Kier molecular flexibility index (Phi) is 6.90. The molecule has 0 atom stereocenters. The maximum Gasteiger partial charge on any atom is 0.160 e. The average Bonchev–Trinajstić information content (AvgIpc) is 3.25. The molecule has 11 aromatic rings. The molecular weight excluding hydrogens is 653 g/mol. The third-order valence-corrected chi connectivity index (χ3v) is 11.0. The number of benzene rings is 10. The Morgan fingerprint density at radius 3 is 1.07 bits per heavy atom. The van der Waals surface area contributed by atoms with Crippen LogP contribution in [0.4, 0.5) is 0 Å². The molecule has 2 heteroatoms. The van der Waals surface area contributed by atoms with E-state index >= 15 is 0 Å². The predicted octanol–water partition coefficient (Wildman–Crippen LogP) is 14.0. The van der Waals surface area contributed by atoms with Gasteiger partial charge in [0.05, 0.1) is 11.0 Å². The maximum absolute atomic E-state index is 5.24. The van der Waals surface area contributed by atoms with Gasteiger partial charge in [0.1, 0.15) is 0 Å². The molecule has 0 saturated heterocycles. The third-order valence-electron chi connectivity index (χ3n) is 11.0. The van der Waals surface area contributed by atoms with Crippen molar-refractivity contribution < 1.29 is 0 Å². The van der Waals surface area contributed by atoms with Gasteiger partial charge in [-0.3, -0.25) is 0 Å². The first-order valence-electron chi connectivity index (χ1n) is 18.5. The van der Waals surface area contributed by atoms with Crippen molar-refractivity contribution in [3.05, 3.63) is 194 Å². The maximum atomic E-state index is 5.24. The van der Waals surface area contributed by atoms with Crippen molar-refractivity contribution in [3.63, 3.8) is 0 Å². The molecule has 0 saturated carbocycles. The van der Waals surface area contributed by atoms with Gasteiger partial charge in [0.25, 0.3) is 0 Å². The van der Waals surface area contributed by atoms with Crippen molar-refractivity contribution in [2.24, 2.45) is 0 Å². The molecule has 1 aromatic heterocycles. The van der Waals surface area contributed by atoms with Gasteiger partial charge in [-0.2, -0.15) is 0 Å². The summed E-state index contributed by atoms with van der Waals surface area (Å²) in [6, 6.07) is 69.7. The zero-order chi connectivity index (χ0) is 35.6. The van der Waals surface area contributed by atoms with Gasteiger partial charge in [-0.05, 0) is 95.0 Å². The van der Waals surface area contributed by atoms with E-state index in [2.05, 4.69) is 194 Å². The molecule has 0 bridgehead atoms. The first kappa shape index (κ1) is 30.5. The van der Waals surface area contributed by atoms with Gasteiger partial charge in [-0.1, -0.05) is 176 Å². The first-order valence-corrected chi connectivity index (χ1v) is 18.5. The highest BCUT2D eigenvalue weighted by Gasteiger charge is 2.20. The summed E-state index contributed by atoms with van der Waals surface area (Å²) in [5, 5.41) is 9.74. The highest BCUT2D eigenvalue weighted by Crippen LogP contribution is 2.45. The normalized spacial score (nSPS) is 11.7. The van der Waals surface area contributed by atoms with Crippen molar-refractivity contribution in [3.8, 4) is 55.9 Å². The van der Waals surface area contributed by atoms with E-state index in [4.69, 9.17) is 9.97 Å². The lowest BCUT2D eigenvalue weighted by atomic mass is 9.86. The highest BCUT2D eigenvalue weighted by atomic mass is 14.9. The van der Waals surface area contributed by atoms with E-state index in [0.717, 1.165) is 27.8 Å². The Bertz CT molecular complexity index is 3010. The Balaban J connectivity index is 1.08. The van der Waals surface area contributed by atoms with Gasteiger partial charge in [0.2, 0.25) is 0 Å². The molecule has 0 unspecified atom stereocenters. The summed E-state index contributed by atoms with van der Waals surface area (Å²) >= 11 is 0. The molecule has 0 aliphatic heterocycles. The van der Waals surface area contributed by atoms with E-state index in [0.29, 0.717) is 0 Å². The van der Waals surface area contributed by atoms with E-state index < -0.39 is 0 Å². The van der Waals surface area contributed by atoms with Crippen LogP contribution in [0.25, 0.3) is 110 Å². The summed E-state index contributed by atoms with van der Waals surface area (Å²) in [6.07, 6.45) is 0. The predicted molar refractivity (Wildman–Crippen MR) is 228 cm³/mol. The largest absolute Gasteiger partial charge is 0.228 e. The fraction of sp³-hybridized carbons (Fsp3) is 0. The second-order valence-electron chi connectivity index (χ2n) is 14.0. The summed E-state index contributed by atoms with van der Waals surface area (Å²) in [7, 11) is 0. The zero-order valence-electron chi connectivity index (χ0n) is 29.4. The van der Waals surface area contributed by atoms with Crippen molar-refractivity contribution in [2.75, 3.05) is 0 Å². The van der Waals surface area contributed by atoms with Crippen molar-refractivity contribution in [2.45, 2.75) is 0 Å². The topological polar surface area (TPSA) is 25.8 Å². The van der Waals surface area contributed by atoms with Crippen LogP contribution in [0.1, 0.15) is 0 Å². The Labute approximate surface area is 313 Å². The van der Waals surface area contributed by atoms with Crippen LogP contribution in [-0.2, 0) is 0 Å². The molecule has 0 amide bonds. The molecule has 0 spiro atoms. The standard InChI is InChI=1S/C52H32N2/c1-4-14-33(15-5-1)44-32-45(34-16-6-2-7-17-34)43-29-31-47-51-46(30-28-42(44)50(43)51)53-52(54-47)37-26-24-36(25-27-37)49-40-22-12-10-20-38(40)48(35-18-8-3-9-19-35)39-21-11-13-23-41(39)49/h1-32H. The van der Waals surface area contributed by atoms with Crippen LogP contribution in [0.5, 0.6) is 0 Å². The smallest absolute Gasteiger partial charge is 0.160 e.